The van der Waals surface area contributed by atoms with E-state index in [2.05, 4.69) is 4.98 Å². The average molecular weight is 382 g/mol. The Bertz CT molecular complexity index is 1000. The first kappa shape index (κ1) is 17.0. The average Bonchev–Trinajstić information content (AvgIpc) is 2.98. The fourth-order valence-corrected chi connectivity index (χ4v) is 4.06. The minimum Gasteiger partial charge on any atom is -0.497 e. The zero-order valence-corrected chi connectivity index (χ0v) is 14.8. The predicted molar refractivity (Wildman–Crippen MR) is 90.8 cm³/mol. The van der Waals surface area contributed by atoms with Crippen molar-refractivity contribution in [2.24, 2.45) is 0 Å². The lowest BCUT2D eigenvalue weighted by molar-refractivity contribution is -0.612. The highest BCUT2D eigenvalue weighted by Crippen LogP contribution is 2.33. The van der Waals surface area contributed by atoms with Gasteiger partial charge in [-0.3, -0.25) is 0 Å². The summed E-state index contributed by atoms with van der Waals surface area (Å²) in [5, 5.41) is 0. The number of hydrogen-bond acceptors (Lipinski definition) is 4. The molecule has 3 heterocycles. The van der Waals surface area contributed by atoms with E-state index >= 15 is 0 Å². The molecule has 5 nitrogen and oxygen atoms in total. The maximum atomic E-state index is 12.4. The Kier molecular flexibility index (Phi) is 3.98. The van der Waals surface area contributed by atoms with Gasteiger partial charge in [-0.1, -0.05) is 4.98 Å². The van der Waals surface area contributed by atoms with Gasteiger partial charge in [0.05, 0.1) is 19.1 Å². The number of rotatable bonds is 3. The first-order chi connectivity index (χ1) is 12.4. The van der Waals surface area contributed by atoms with Crippen molar-refractivity contribution in [3.05, 3.63) is 41.7 Å². The largest absolute Gasteiger partial charge is 0.497 e. The van der Waals surface area contributed by atoms with Crippen molar-refractivity contribution in [2.45, 2.75) is 18.9 Å². The van der Waals surface area contributed by atoms with Gasteiger partial charge in [0, 0.05) is 29.6 Å². The van der Waals surface area contributed by atoms with E-state index in [0.29, 0.717) is 17.3 Å². The van der Waals surface area contributed by atoms with E-state index in [1.807, 2.05) is 26.7 Å². The zero-order valence-electron chi connectivity index (χ0n) is 14.0. The van der Waals surface area contributed by atoms with Crippen LogP contribution < -0.4 is 14.0 Å². The van der Waals surface area contributed by atoms with Crippen LogP contribution in [0.2, 0.25) is 0 Å². The van der Waals surface area contributed by atoms with Gasteiger partial charge in [-0.2, -0.15) is 17.1 Å². The molecule has 26 heavy (non-hydrogen) atoms. The van der Waals surface area contributed by atoms with Crippen molar-refractivity contribution < 1.29 is 27.2 Å². The van der Waals surface area contributed by atoms with E-state index in [4.69, 9.17) is 9.47 Å². The van der Waals surface area contributed by atoms with E-state index in [-0.39, 0.29) is 5.75 Å². The van der Waals surface area contributed by atoms with Crippen molar-refractivity contribution >= 4 is 23.0 Å². The Labute approximate surface area is 151 Å². The van der Waals surface area contributed by atoms with Crippen LogP contribution in [0.1, 0.15) is 11.3 Å². The Morgan fingerprint density at radius 1 is 1.31 bits per heavy atom. The second kappa shape index (κ2) is 6.08. The molecule has 3 aromatic rings. The fourth-order valence-electron chi connectivity index (χ4n) is 2.92. The van der Waals surface area contributed by atoms with E-state index in [0.717, 1.165) is 22.5 Å². The number of aromatic nitrogens is 3. The monoisotopic (exact) mass is 382 g/mol. The number of imidazole rings is 1. The molecule has 4 rings (SSSR count). The first-order valence-corrected chi connectivity index (χ1v) is 8.75. The standard InChI is InChI=1S/C17H15F3N3O2S/c1-10-14-8-26-23-13-4-3-11(24-2)7-12(13)21-16(23)22(14)6-5-15(10)25-9-17(18,19)20/h3-7H,8-9H2,1-2H3/q+1. The van der Waals surface area contributed by atoms with Crippen LogP contribution in [0.15, 0.2) is 30.5 Å². The number of halogens is 3. The highest BCUT2D eigenvalue weighted by atomic mass is 32.2. The van der Waals surface area contributed by atoms with Gasteiger partial charge in [0.15, 0.2) is 17.6 Å². The van der Waals surface area contributed by atoms with Crippen LogP contribution in [0.4, 0.5) is 13.2 Å². The van der Waals surface area contributed by atoms with Gasteiger partial charge >= 0.3 is 12.1 Å². The predicted octanol–water partition coefficient (Wildman–Crippen LogP) is 3.58. The topological polar surface area (TPSA) is 40.2 Å². The number of nitrogens with zero attached hydrogens (tertiary/aromatic N) is 3. The number of fused-ring (bicyclic) bond motifs is 5. The van der Waals surface area contributed by atoms with Gasteiger partial charge in [-0.15, -0.1) is 0 Å². The molecule has 1 aliphatic heterocycles. The molecule has 0 aliphatic carbocycles. The molecule has 9 heteroatoms. The molecule has 1 aliphatic rings. The highest BCUT2D eigenvalue weighted by molar-refractivity contribution is 7.97. The first-order valence-electron chi connectivity index (χ1n) is 7.81. The summed E-state index contributed by atoms with van der Waals surface area (Å²) in [4.78, 5) is 4.66. The summed E-state index contributed by atoms with van der Waals surface area (Å²) in [5.41, 5.74) is 3.30. The van der Waals surface area contributed by atoms with Gasteiger partial charge in [-0.05, 0) is 19.1 Å². The Morgan fingerprint density at radius 2 is 2.12 bits per heavy atom. The quantitative estimate of drug-likeness (QED) is 0.650. The smallest absolute Gasteiger partial charge is 0.422 e. The summed E-state index contributed by atoms with van der Waals surface area (Å²) < 4.78 is 51.4. The second-order valence-corrected chi connectivity index (χ2v) is 6.77. The number of methoxy groups -OCH3 is 1. The van der Waals surface area contributed by atoms with Crippen LogP contribution in [0.5, 0.6) is 11.5 Å². The number of alkyl halides is 3. The summed E-state index contributed by atoms with van der Waals surface area (Å²) >= 11 is 1.54. The summed E-state index contributed by atoms with van der Waals surface area (Å²) in [6.45, 7) is 0.461. The van der Waals surface area contributed by atoms with Crippen molar-refractivity contribution in [3.8, 4) is 17.4 Å². The maximum Gasteiger partial charge on any atom is 0.422 e. The van der Waals surface area contributed by atoms with Crippen molar-refractivity contribution in [1.82, 2.24) is 8.96 Å². The number of pyridine rings is 1. The molecule has 0 N–H and O–H groups in total. The number of ether oxygens (including phenoxy) is 2. The third-order valence-electron chi connectivity index (χ3n) is 4.21. The number of hydrogen-bond donors (Lipinski definition) is 0. The van der Waals surface area contributed by atoms with E-state index in [1.165, 1.54) is 0 Å². The van der Waals surface area contributed by atoms with Crippen LogP contribution in [0.25, 0.3) is 17.0 Å². The van der Waals surface area contributed by atoms with Crippen LogP contribution >= 0.6 is 11.9 Å². The Balaban J connectivity index is 1.77. The minimum atomic E-state index is -4.36. The molecule has 0 unspecified atom stereocenters. The van der Waals surface area contributed by atoms with Gasteiger partial charge in [0.25, 0.3) is 0 Å². The molecular formula is C17H15F3N3O2S+. The SMILES string of the molecule is COc1ccc2c(c1)nc1n2SCc2c(C)c(OCC(F)(F)F)cc[n+]2-1. The molecule has 0 fully saturated rings. The number of benzene rings is 1. The molecule has 0 atom stereocenters. The molecule has 0 spiro atoms. The summed E-state index contributed by atoms with van der Waals surface area (Å²) in [7, 11) is 1.60. The Morgan fingerprint density at radius 3 is 2.85 bits per heavy atom. The van der Waals surface area contributed by atoms with Crippen molar-refractivity contribution in [3.63, 3.8) is 0 Å². The van der Waals surface area contributed by atoms with Gasteiger partial charge in [0.1, 0.15) is 17.2 Å². The molecule has 0 bridgehead atoms. The van der Waals surface area contributed by atoms with Crippen LogP contribution in [0.3, 0.4) is 0 Å². The minimum absolute atomic E-state index is 0.236. The van der Waals surface area contributed by atoms with Crippen LogP contribution in [0, 0.1) is 6.92 Å². The third kappa shape index (κ3) is 2.86. The molecule has 0 radical (unpaired) electrons. The highest BCUT2D eigenvalue weighted by Gasteiger charge is 2.32. The normalized spacial score (nSPS) is 13.4. The van der Waals surface area contributed by atoms with E-state index in [9.17, 15) is 13.2 Å². The van der Waals surface area contributed by atoms with E-state index < -0.39 is 12.8 Å². The molecule has 2 aromatic heterocycles. The lowest BCUT2D eigenvalue weighted by atomic mass is 10.2. The molecule has 0 amide bonds. The van der Waals surface area contributed by atoms with Gasteiger partial charge < -0.3 is 9.47 Å². The van der Waals surface area contributed by atoms with Crippen molar-refractivity contribution in [1.29, 1.82) is 0 Å². The summed E-state index contributed by atoms with van der Waals surface area (Å²) in [6.07, 6.45) is -2.67. The second-order valence-electron chi connectivity index (χ2n) is 5.86. The molecule has 1 aromatic carbocycles. The zero-order chi connectivity index (χ0) is 18.5. The summed E-state index contributed by atoms with van der Waals surface area (Å²) in [6, 6.07) is 7.22. The van der Waals surface area contributed by atoms with Gasteiger partial charge in [0.2, 0.25) is 0 Å². The third-order valence-corrected chi connectivity index (χ3v) is 5.23. The Hall–Kier alpha value is -2.42. The van der Waals surface area contributed by atoms with Crippen LogP contribution in [-0.2, 0) is 5.75 Å². The van der Waals surface area contributed by atoms with E-state index in [1.54, 1.807) is 38.2 Å². The van der Waals surface area contributed by atoms with Crippen LogP contribution in [-0.4, -0.2) is 28.8 Å². The molecule has 0 saturated carbocycles. The molecule has 0 saturated heterocycles. The molecular weight excluding hydrogens is 367 g/mol. The summed E-state index contributed by atoms with van der Waals surface area (Å²) in [5.74, 6) is 2.25. The maximum absolute atomic E-state index is 12.4. The fraction of sp³-hybridized carbons (Fsp3) is 0.294. The molecule has 136 valence electrons. The lowest BCUT2D eigenvalue weighted by Crippen LogP contribution is -2.41. The van der Waals surface area contributed by atoms with Gasteiger partial charge in [-0.25, -0.2) is 4.57 Å². The van der Waals surface area contributed by atoms with Crippen molar-refractivity contribution in [2.75, 3.05) is 13.7 Å². The lowest BCUT2D eigenvalue weighted by Gasteiger charge is -2.18.